The number of nitrogens with zero attached hydrogens (tertiary/aromatic N) is 2. The molecular formula is C11H20N2OS. The first-order valence-electron chi connectivity index (χ1n) is 5.61. The predicted octanol–water partition coefficient (Wildman–Crippen LogP) is 2.44. The summed E-state index contributed by atoms with van der Waals surface area (Å²) in [5, 5.41) is 10.7. The Morgan fingerprint density at radius 1 is 1.40 bits per heavy atom. The van der Waals surface area contributed by atoms with Gasteiger partial charge in [-0.25, -0.2) is 4.98 Å². The van der Waals surface area contributed by atoms with Crippen LogP contribution in [0.25, 0.3) is 0 Å². The molecule has 1 rings (SSSR count). The lowest BCUT2D eigenvalue weighted by Gasteiger charge is -2.10. The van der Waals surface area contributed by atoms with Crippen LogP contribution in [0, 0.1) is 5.92 Å². The van der Waals surface area contributed by atoms with Gasteiger partial charge in [-0.15, -0.1) is 0 Å². The summed E-state index contributed by atoms with van der Waals surface area (Å²) in [6, 6.07) is 0. The molecule has 4 heteroatoms. The zero-order chi connectivity index (χ0) is 11.3. The fourth-order valence-electron chi connectivity index (χ4n) is 1.53. The van der Waals surface area contributed by atoms with E-state index >= 15 is 0 Å². The molecule has 1 aromatic heterocycles. The maximum Gasteiger partial charge on any atom is 0.142 e. The smallest absolute Gasteiger partial charge is 0.142 e. The molecule has 0 amide bonds. The van der Waals surface area contributed by atoms with Gasteiger partial charge in [-0.1, -0.05) is 20.8 Å². The fraction of sp³-hybridized carbons (Fsp3) is 0.818. The monoisotopic (exact) mass is 228 g/mol. The highest BCUT2D eigenvalue weighted by Crippen LogP contribution is 2.13. The van der Waals surface area contributed by atoms with Crippen LogP contribution in [-0.4, -0.2) is 20.6 Å². The predicted molar refractivity (Wildman–Crippen MR) is 63.1 cm³/mol. The molecule has 0 aliphatic heterocycles. The van der Waals surface area contributed by atoms with Crippen LogP contribution in [0.15, 0.2) is 0 Å². The molecule has 86 valence electrons. The Morgan fingerprint density at radius 2 is 2.13 bits per heavy atom. The van der Waals surface area contributed by atoms with Gasteiger partial charge >= 0.3 is 0 Å². The van der Waals surface area contributed by atoms with E-state index in [0.29, 0.717) is 12.3 Å². The van der Waals surface area contributed by atoms with Crippen LogP contribution in [0.2, 0.25) is 0 Å². The van der Waals surface area contributed by atoms with Crippen LogP contribution in [0.4, 0.5) is 0 Å². The van der Waals surface area contributed by atoms with Crippen molar-refractivity contribution in [2.45, 2.75) is 52.6 Å². The first-order valence-corrected chi connectivity index (χ1v) is 6.38. The molecule has 1 atom stereocenters. The van der Waals surface area contributed by atoms with E-state index < -0.39 is 0 Å². The molecule has 1 aromatic rings. The van der Waals surface area contributed by atoms with E-state index in [1.54, 1.807) is 0 Å². The maximum atomic E-state index is 9.75. The highest BCUT2D eigenvalue weighted by atomic mass is 32.1. The molecule has 0 fully saturated rings. The minimum atomic E-state index is -0.271. The van der Waals surface area contributed by atoms with Crippen LogP contribution in [0.3, 0.4) is 0 Å². The highest BCUT2D eigenvalue weighted by Gasteiger charge is 2.11. The lowest BCUT2D eigenvalue weighted by molar-refractivity contribution is 0.149. The van der Waals surface area contributed by atoms with Crippen LogP contribution < -0.4 is 0 Å². The van der Waals surface area contributed by atoms with Gasteiger partial charge in [0.05, 0.1) is 6.10 Å². The van der Waals surface area contributed by atoms with E-state index in [1.807, 2.05) is 0 Å². The number of rotatable bonds is 6. The van der Waals surface area contributed by atoms with Crippen molar-refractivity contribution in [1.29, 1.82) is 0 Å². The van der Waals surface area contributed by atoms with E-state index in [9.17, 15) is 5.11 Å². The highest BCUT2D eigenvalue weighted by molar-refractivity contribution is 7.05. The van der Waals surface area contributed by atoms with Crippen molar-refractivity contribution in [2.75, 3.05) is 0 Å². The summed E-state index contributed by atoms with van der Waals surface area (Å²) in [5.41, 5.74) is 0. The molecule has 0 bridgehead atoms. The molecule has 1 heterocycles. The molecule has 0 radical (unpaired) electrons. The van der Waals surface area contributed by atoms with E-state index in [1.165, 1.54) is 11.5 Å². The molecule has 15 heavy (non-hydrogen) atoms. The lowest BCUT2D eigenvalue weighted by atomic mass is 10.0. The van der Waals surface area contributed by atoms with Gasteiger partial charge < -0.3 is 5.11 Å². The summed E-state index contributed by atoms with van der Waals surface area (Å²) >= 11 is 1.42. The standard InChI is InChI=1S/C11H20N2OS/c1-4-5-10-12-11(15-13-10)7-9(14)6-8(2)3/h8-9,14H,4-7H2,1-3H3. The van der Waals surface area contributed by atoms with Gasteiger partial charge in [0.1, 0.15) is 10.8 Å². The van der Waals surface area contributed by atoms with Crippen molar-refractivity contribution in [3.8, 4) is 0 Å². The Kier molecular flexibility index (Phi) is 5.19. The van der Waals surface area contributed by atoms with Crippen molar-refractivity contribution in [2.24, 2.45) is 5.92 Å². The number of hydrogen-bond acceptors (Lipinski definition) is 4. The van der Waals surface area contributed by atoms with Gasteiger partial charge in [0, 0.05) is 12.8 Å². The van der Waals surface area contributed by atoms with Crippen molar-refractivity contribution >= 4 is 11.5 Å². The topological polar surface area (TPSA) is 46.0 Å². The molecule has 0 aliphatic carbocycles. The van der Waals surface area contributed by atoms with Crippen LogP contribution in [0.1, 0.15) is 44.4 Å². The molecule has 1 unspecified atom stereocenters. The van der Waals surface area contributed by atoms with E-state index in [2.05, 4.69) is 30.1 Å². The molecular weight excluding hydrogens is 208 g/mol. The summed E-state index contributed by atoms with van der Waals surface area (Å²) in [4.78, 5) is 4.39. The average Bonchev–Trinajstić information content (AvgIpc) is 2.51. The van der Waals surface area contributed by atoms with Crippen molar-refractivity contribution < 1.29 is 5.11 Å². The van der Waals surface area contributed by atoms with Gasteiger partial charge in [-0.05, 0) is 30.3 Å². The minimum Gasteiger partial charge on any atom is -0.393 e. The van der Waals surface area contributed by atoms with Gasteiger partial charge in [0.15, 0.2) is 0 Å². The van der Waals surface area contributed by atoms with Gasteiger partial charge in [0.2, 0.25) is 0 Å². The second-order valence-electron chi connectivity index (χ2n) is 4.34. The number of aliphatic hydroxyl groups excluding tert-OH is 1. The lowest BCUT2D eigenvalue weighted by Crippen LogP contribution is -2.13. The van der Waals surface area contributed by atoms with Crippen LogP contribution in [0.5, 0.6) is 0 Å². The second-order valence-corrected chi connectivity index (χ2v) is 5.18. The normalized spacial score (nSPS) is 13.4. The van der Waals surface area contributed by atoms with Crippen LogP contribution in [-0.2, 0) is 12.8 Å². The summed E-state index contributed by atoms with van der Waals surface area (Å²) in [6.45, 7) is 6.35. The van der Waals surface area contributed by atoms with Crippen molar-refractivity contribution in [3.63, 3.8) is 0 Å². The number of aryl methyl sites for hydroxylation is 1. The van der Waals surface area contributed by atoms with Gasteiger partial charge in [0.25, 0.3) is 0 Å². The Bertz CT molecular complexity index is 286. The third-order valence-electron chi connectivity index (χ3n) is 2.14. The maximum absolute atomic E-state index is 9.75. The fourth-order valence-corrected chi connectivity index (χ4v) is 2.28. The van der Waals surface area contributed by atoms with E-state index in [-0.39, 0.29) is 6.10 Å². The number of hydrogen-bond donors (Lipinski definition) is 1. The Labute approximate surface area is 95.7 Å². The molecule has 3 nitrogen and oxygen atoms in total. The molecule has 0 saturated carbocycles. The average molecular weight is 228 g/mol. The third-order valence-corrected chi connectivity index (χ3v) is 2.91. The summed E-state index contributed by atoms with van der Waals surface area (Å²) in [6.07, 6.45) is 3.23. The molecule has 0 spiro atoms. The van der Waals surface area contributed by atoms with Crippen molar-refractivity contribution in [1.82, 2.24) is 9.36 Å². The van der Waals surface area contributed by atoms with Gasteiger partial charge in [-0.3, -0.25) is 0 Å². The van der Waals surface area contributed by atoms with Gasteiger partial charge in [-0.2, -0.15) is 4.37 Å². The third kappa shape index (κ3) is 4.71. The van der Waals surface area contributed by atoms with E-state index in [4.69, 9.17) is 0 Å². The molecule has 0 aromatic carbocycles. The Hall–Kier alpha value is -0.480. The summed E-state index contributed by atoms with van der Waals surface area (Å²) in [5.74, 6) is 1.46. The molecule has 1 N–H and O–H groups in total. The molecule has 0 saturated heterocycles. The van der Waals surface area contributed by atoms with E-state index in [0.717, 1.165) is 30.1 Å². The zero-order valence-electron chi connectivity index (χ0n) is 9.73. The zero-order valence-corrected chi connectivity index (χ0v) is 10.5. The van der Waals surface area contributed by atoms with Crippen molar-refractivity contribution in [3.05, 3.63) is 10.8 Å². The minimum absolute atomic E-state index is 0.271. The Morgan fingerprint density at radius 3 is 2.73 bits per heavy atom. The second kappa shape index (κ2) is 6.18. The number of aromatic nitrogens is 2. The first kappa shape index (κ1) is 12.6. The summed E-state index contributed by atoms with van der Waals surface area (Å²) < 4.78 is 4.26. The first-order chi connectivity index (χ1) is 7.11. The summed E-state index contributed by atoms with van der Waals surface area (Å²) in [7, 11) is 0. The largest absolute Gasteiger partial charge is 0.393 e. The number of aliphatic hydroxyl groups is 1. The Balaban J connectivity index is 2.42. The quantitative estimate of drug-likeness (QED) is 0.813. The SMILES string of the molecule is CCCc1nsc(CC(O)CC(C)C)n1. The molecule has 0 aliphatic rings. The van der Waals surface area contributed by atoms with Crippen LogP contribution >= 0.6 is 11.5 Å².